The molecule has 0 saturated carbocycles. The Balaban J connectivity index is 0.00000338. The average molecular weight is 469 g/mol. The number of nitrogens with zero attached hydrogens (tertiary/aromatic N) is 3. The molecule has 0 atom stereocenters. The molecule has 142 valence electrons. The van der Waals surface area contributed by atoms with Crippen LogP contribution in [-0.4, -0.2) is 44.7 Å². The van der Waals surface area contributed by atoms with Crippen LogP contribution >= 0.6 is 24.0 Å². The van der Waals surface area contributed by atoms with Gasteiger partial charge in [-0.25, -0.2) is 9.98 Å². The highest BCUT2D eigenvalue weighted by molar-refractivity contribution is 14.0. The van der Waals surface area contributed by atoms with Gasteiger partial charge in [0.1, 0.15) is 18.2 Å². The molecule has 1 aromatic carbocycles. The molecular formula is C19H28IN5O. The number of rotatable bonds is 8. The Labute approximate surface area is 173 Å². The van der Waals surface area contributed by atoms with Gasteiger partial charge < -0.3 is 20.3 Å². The predicted molar refractivity (Wildman–Crippen MR) is 119 cm³/mol. The summed E-state index contributed by atoms with van der Waals surface area (Å²) in [5.41, 5.74) is 0.934. The first-order valence-corrected chi connectivity index (χ1v) is 8.52. The first-order chi connectivity index (χ1) is 12.2. The Morgan fingerprint density at radius 1 is 1.08 bits per heavy atom. The van der Waals surface area contributed by atoms with Crippen LogP contribution in [0.2, 0.25) is 0 Å². The van der Waals surface area contributed by atoms with Gasteiger partial charge in [0.05, 0.1) is 18.8 Å². The van der Waals surface area contributed by atoms with Crippen LogP contribution in [0.25, 0.3) is 0 Å². The molecule has 1 aromatic heterocycles. The second kappa shape index (κ2) is 12.3. The summed E-state index contributed by atoms with van der Waals surface area (Å²) in [6.45, 7) is 4.62. The Hall–Kier alpha value is -2.03. The van der Waals surface area contributed by atoms with Gasteiger partial charge in [0, 0.05) is 20.6 Å². The molecule has 0 spiro atoms. The van der Waals surface area contributed by atoms with E-state index in [-0.39, 0.29) is 24.0 Å². The summed E-state index contributed by atoms with van der Waals surface area (Å²) in [7, 11) is 3.96. The molecule has 0 radical (unpaired) electrons. The minimum Gasteiger partial charge on any atom is -0.492 e. The molecule has 7 heteroatoms. The highest BCUT2D eigenvalue weighted by Crippen LogP contribution is 2.09. The SMILES string of the molecule is CCNC(=NCc1cccc(N(C)C)n1)NCCOc1ccccc1.I. The van der Waals surface area contributed by atoms with Gasteiger partial charge in [-0.15, -0.1) is 24.0 Å². The molecule has 1 heterocycles. The van der Waals surface area contributed by atoms with E-state index >= 15 is 0 Å². The maximum atomic E-state index is 5.68. The number of benzene rings is 1. The molecule has 2 N–H and O–H groups in total. The summed E-state index contributed by atoms with van der Waals surface area (Å²) in [6.07, 6.45) is 0. The van der Waals surface area contributed by atoms with Gasteiger partial charge in [-0.2, -0.15) is 0 Å². The minimum absolute atomic E-state index is 0. The molecule has 0 fully saturated rings. The van der Waals surface area contributed by atoms with Crippen LogP contribution < -0.4 is 20.3 Å². The number of pyridine rings is 1. The molecule has 0 saturated heterocycles. The standard InChI is InChI=1S/C19H27N5O.HI/c1-4-20-19(21-13-14-25-17-10-6-5-7-11-17)22-15-16-9-8-12-18(23-16)24(2)3;/h5-12H,4,13-15H2,1-3H3,(H2,20,21,22);1H. The number of hydrogen-bond donors (Lipinski definition) is 2. The molecule has 6 nitrogen and oxygen atoms in total. The maximum absolute atomic E-state index is 5.68. The molecular weight excluding hydrogens is 441 g/mol. The molecule has 0 aliphatic rings. The lowest BCUT2D eigenvalue weighted by Gasteiger charge is -2.13. The summed E-state index contributed by atoms with van der Waals surface area (Å²) < 4.78 is 5.68. The second-order valence-electron chi connectivity index (χ2n) is 5.67. The number of nitrogens with one attached hydrogen (secondary N) is 2. The number of anilines is 1. The van der Waals surface area contributed by atoms with E-state index < -0.39 is 0 Å². The fourth-order valence-electron chi connectivity index (χ4n) is 2.16. The van der Waals surface area contributed by atoms with Crippen molar-refractivity contribution in [2.45, 2.75) is 13.5 Å². The number of aliphatic imine (C=N–C) groups is 1. The maximum Gasteiger partial charge on any atom is 0.191 e. The van der Waals surface area contributed by atoms with Crippen molar-refractivity contribution in [1.29, 1.82) is 0 Å². The van der Waals surface area contributed by atoms with E-state index in [9.17, 15) is 0 Å². The highest BCUT2D eigenvalue weighted by Gasteiger charge is 2.01. The van der Waals surface area contributed by atoms with Crippen LogP contribution in [0.4, 0.5) is 5.82 Å². The predicted octanol–water partition coefficient (Wildman–Crippen LogP) is 2.90. The van der Waals surface area contributed by atoms with Crippen LogP contribution in [0.1, 0.15) is 12.6 Å². The molecule has 0 amide bonds. The van der Waals surface area contributed by atoms with Crippen molar-refractivity contribution in [2.24, 2.45) is 4.99 Å². The van der Waals surface area contributed by atoms with Crippen molar-refractivity contribution >= 4 is 35.8 Å². The van der Waals surface area contributed by atoms with Crippen LogP contribution in [0.3, 0.4) is 0 Å². The van der Waals surface area contributed by atoms with E-state index in [0.29, 0.717) is 19.7 Å². The number of para-hydroxylation sites is 1. The Bertz CT molecular complexity index is 664. The lowest BCUT2D eigenvalue weighted by Crippen LogP contribution is -2.39. The Morgan fingerprint density at radius 3 is 2.54 bits per heavy atom. The number of halogens is 1. The van der Waals surface area contributed by atoms with Gasteiger partial charge in [-0.1, -0.05) is 24.3 Å². The van der Waals surface area contributed by atoms with Gasteiger partial charge in [-0.05, 0) is 31.2 Å². The van der Waals surface area contributed by atoms with Crippen molar-refractivity contribution in [2.75, 3.05) is 38.7 Å². The van der Waals surface area contributed by atoms with Crippen LogP contribution in [-0.2, 0) is 6.54 Å². The van der Waals surface area contributed by atoms with Crippen LogP contribution in [0, 0.1) is 0 Å². The molecule has 2 rings (SSSR count). The van der Waals surface area contributed by atoms with Gasteiger partial charge in [0.15, 0.2) is 5.96 Å². The quantitative estimate of drug-likeness (QED) is 0.270. The number of ether oxygens (including phenoxy) is 1. The summed E-state index contributed by atoms with van der Waals surface area (Å²) in [4.78, 5) is 11.1. The normalized spacial score (nSPS) is 10.7. The fraction of sp³-hybridized carbons (Fsp3) is 0.368. The topological polar surface area (TPSA) is 61.8 Å². The zero-order valence-corrected chi connectivity index (χ0v) is 17.9. The molecule has 2 aromatic rings. The van der Waals surface area contributed by atoms with Crippen molar-refractivity contribution < 1.29 is 4.74 Å². The third-order valence-electron chi connectivity index (χ3n) is 3.40. The van der Waals surface area contributed by atoms with E-state index in [2.05, 4.69) is 20.6 Å². The number of hydrogen-bond acceptors (Lipinski definition) is 4. The molecule has 0 unspecified atom stereocenters. The first kappa shape index (κ1) is 22.0. The summed E-state index contributed by atoms with van der Waals surface area (Å²) >= 11 is 0. The third kappa shape index (κ3) is 7.90. The average Bonchev–Trinajstić information content (AvgIpc) is 2.64. The third-order valence-corrected chi connectivity index (χ3v) is 3.40. The van der Waals surface area contributed by atoms with Crippen molar-refractivity contribution in [3.8, 4) is 5.75 Å². The fourth-order valence-corrected chi connectivity index (χ4v) is 2.16. The molecule has 26 heavy (non-hydrogen) atoms. The van der Waals surface area contributed by atoms with Gasteiger partial charge in [-0.3, -0.25) is 0 Å². The van der Waals surface area contributed by atoms with Gasteiger partial charge >= 0.3 is 0 Å². The van der Waals surface area contributed by atoms with E-state index in [4.69, 9.17) is 4.74 Å². The zero-order valence-electron chi connectivity index (χ0n) is 15.6. The molecule has 0 bridgehead atoms. The van der Waals surface area contributed by atoms with Gasteiger partial charge in [0.25, 0.3) is 0 Å². The molecule has 0 aliphatic carbocycles. The van der Waals surface area contributed by atoms with Crippen LogP contribution in [0.5, 0.6) is 5.75 Å². The Morgan fingerprint density at radius 2 is 1.85 bits per heavy atom. The summed E-state index contributed by atoms with van der Waals surface area (Å²) in [5.74, 6) is 2.56. The largest absolute Gasteiger partial charge is 0.492 e. The number of aromatic nitrogens is 1. The summed E-state index contributed by atoms with van der Waals surface area (Å²) in [5, 5.41) is 6.51. The van der Waals surface area contributed by atoms with Crippen molar-refractivity contribution in [3.05, 3.63) is 54.2 Å². The van der Waals surface area contributed by atoms with E-state index in [1.807, 2.05) is 74.4 Å². The van der Waals surface area contributed by atoms with E-state index in [1.165, 1.54) is 0 Å². The van der Waals surface area contributed by atoms with Crippen molar-refractivity contribution in [1.82, 2.24) is 15.6 Å². The monoisotopic (exact) mass is 469 g/mol. The Kier molecular flexibility index (Phi) is 10.5. The van der Waals surface area contributed by atoms with Gasteiger partial charge in [0.2, 0.25) is 0 Å². The molecule has 0 aliphatic heterocycles. The van der Waals surface area contributed by atoms with Crippen molar-refractivity contribution in [3.63, 3.8) is 0 Å². The van der Waals surface area contributed by atoms with E-state index in [1.54, 1.807) is 0 Å². The number of guanidine groups is 1. The second-order valence-corrected chi connectivity index (χ2v) is 5.67. The minimum atomic E-state index is 0. The highest BCUT2D eigenvalue weighted by atomic mass is 127. The lowest BCUT2D eigenvalue weighted by atomic mass is 10.3. The van der Waals surface area contributed by atoms with Crippen LogP contribution in [0.15, 0.2) is 53.5 Å². The smallest absolute Gasteiger partial charge is 0.191 e. The summed E-state index contributed by atoms with van der Waals surface area (Å²) in [6, 6.07) is 15.8. The zero-order chi connectivity index (χ0) is 17.9. The van der Waals surface area contributed by atoms with E-state index in [0.717, 1.165) is 29.8 Å². The lowest BCUT2D eigenvalue weighted by molar-refractivity contribution is 0.322. The first-order valence-electron chi connectivity index (χ1n) is 8.52.